The standard InChI is InChI=1S/C13H16N4O2/c1-2-6-15-12(18)9-16-13(19)17-11-5-3-4-10(7-11)8-14/h3-5,7H,2,6,9H2,1H3,(H,15,18)(H2,16,17,19). The highest BCUT2D eigenvalue weighted by atomic mass is 16.2. The van der Waals surface area contributed by atoms with E-state index in [1.165, 1.54) is 0 Å². The maximum atomic E-state index is 11.5. The van der Waals surface area contributed by atoms with Gasteiger partial charge in [0.1, 0.15) is 0 Å². The highest BCUT2D eigenvalue weighted by molar-refractivity contribution is 5.92. The summed E-state index contributed by atoms with van der Waals surface area (Å²) in [5.41, 5.74) is 0.962. The number of nitriles is 1. The van der Waals surface area contributed by atoms with E-state index in [1.54, 1.807) is 24.3 Å². The monoisotopic (exact) mass is 260 g/mol. The molecule has 0 saturated carbocycles. The molecular formula is C13H16N4O2. The van der Waals surface area contributed by atoms with Gasteiger partial charge in [-0.15, -0.1) is 0 Å². The molecule has 100 valence electrons. The van der Waals surface area contributed by atoms with Gasteiger partial charge in [0.25, 0.3) is 0 Å². The molecule has 1 aromatic rings. The van der Waals surface area contributed by atoms with Crippen molar-refractivity contribution in [2.75, 3.05) is 18.4 Å². The minimum Gasteiger partial charge on any atom is -0.355 e. The molecule has 3 amide bonds. The predicted molar refractivity (Wildman–Crippen MR) is 71.5 cm³/mol. The molecule has 3 N–H and O–H groups in total. The lowest BCUT2D eigenvalue weighted by Crippen LogP contribution is -2.39. The number of nitrogens with one attached hydrogen (secondary N) is 3. The van der Waals surface area contributed by atoms with E-state index in [-0.39, 0.29) is 12.5 Å². The molecule has 0 aliphatic rings. The average molecular weight is 260 g/mol. The molecule has 0 fully saturated rings. The first-order valence-corrected chi connectivity index (χ1v) is 5.97. The largest absolute Gasteiger partial charge is 0.355 e. The number of carbonyl (C=O) groups excluding carboxylic acids is 2. The van der Waals surface area contributed by atoms with E-state index in [0.29, 0.717) is 17.8 Å². The lowest BCUT2D eigenvalue weighted by atomic mass is 10.2. The summed E-state index contributed by atoms with van der Waals surface area (Å²) in [4.78, 5) is 22.8. The van der Waals surface area contributed by atoms with Gasteiger partial charge in [-0.25, -0.2) is 4.79 Å². The van der Waals surface area contributed by atoms with Crippen molar-refractivity contribution in [1.82, 2.24) is 10.6 Å². The van der Waals surface area contributed by atoms with Crippen molar-refractivity contribution in [3.05, 3.63) is 29.8 Å². The zero-order chi connectivity index (χ0) is 14.1. The van der Waals surface area contributed by atoms with E-state index in [4.69, 9.17) is 5.26 Å². The highest BCUT2D eigenvalue weighted by Crippen LogP contribution is 2.09. The third-order valence-corrected chi connectivity index (χ3v) is 2.23. The van der Waals surface area contributed by atoms with Gasteiger partial charge in [-0.05, 0) is 24.6 Å². The molecule has 0 unspecified atom stereocenters. The van der Waals surface area contributed by atoms with Gasteiger partial charge in [0, 0.05) is 12.2 Å². The SMILES string of the molecule is CCCNC(=O)CNC(=O)Nc1cccc(C#N)c1. The van der Waals surface area contributed by atoms with Gasteiger partial charge in [0.2, 0.25) is 5.91 Å². The van der Waals surface area contributed by atoms with Crippen LogP contribution >= 0.6 is 0 Å². The van der Waals surface area contributed by atoms with Crippen molar-refractivity contribution >= 4 is 17.6 Å². The quantitative estimate of drug-likeness (QED) is 0.742. The number of carbonyl (C=O) groups is 2. The van der Waals surface area contributed by atoms with Gasteiger partial charge >= 0.3 is 6.03 Å². The Kier molecular flexibility index (Phi) is 5.89. The summed E-state index contributed by atoms with van der Waals surface area (Å²) in [6, 6.07) is 8.02. The van der Waals surface area contributed by atoms with Gasteiger partial charge in [-0.1, -0.05) is 13.0 Å². The van der Waals surface area contributed by atoms with Gasteiger partial charge < -0.3 is 16.0 Å². The van der Waals surface area contributed by atoms with Crippen molar-refractivity contribution in [3.63, 3.8) is 0 Å². The molecule has 0 heterocycles. The second-order valence-corrected chi connectivity index (χ2v) is 3.85. The summed E-state index contributed by atoms with van der Waals surface area (Å²) in [7, 11) is 0. The molecule has 6 nitrogen and oxygen atoms in total. The van der Waals surface area contributed by atoms with E-state index < -0.39 is 6.03 Å². The molecule has 0 aromatic heterocycles. The van der Waals surface area contributed by atoms with Gasteiger partial charge in [0.15, 0.2) is 0 Å². The number of nitrogens with zero attached hydrogens (tertiary/aromatic N) is 1. The normalized spacial score (nSPS) is 9.26. The summed E-state index contributed by atoms with van der Waals surface area (Å²) in [6.07, 6.45) is 0.846. The van der Waals surface area contributed by atoms with Crippen molar-refractivity contribution in [2.24, 2.45) is 0 Å². The lowest BCUT2D eigenvalue weighted by molar-refractivity contribution is -0.120. The third kappa shape index (κ3) is 5.55. The van der Waals surface area contributed by atoms with E-state index in [0.717, 1.165) is 6.42 Å². The van der Waals surface area contributed by atoms with Crippen LogP contribution < -0.4 is 16.0 Å². The van der Waals surface area contributed by atoms with Crippen LogP contribution in [0.25, 0.3) is 0 Å². The molecule has 0 atom stereocenters. The number of amides is 3. The molecule has 0 bridgehead atoms. The Morgan fingerprint density at radius 3 is 2.79 bits per heavy atom. The first-order valence-electron chi connectivity index (χ1n) is 5.97. The summed E-state index contributed by atoms with van der Waals surface area (Å²) in [5, 5.41) is 16.3. The maximum Gasteiger partial charge on any atom is 0.319 e. The highest BCUT2D eigenvalue weighted by Gasteiger charge is 2.05. The average Bonchev–Trinajstić information content (AvgIpc) is 2.43. The summed E-state index contributed by atoms with van der Waals surface area (Å²) in [5.74, 6) is -0.234. The molecule has 19 heavy (non-hydrogen) atoms. The predicted octanol–water partition coefficient (Wildman–Crippen LogP) is 1.21. The second kappa shape index (κ2) is 7.71. The Hall–Kier alpha value is -2.55. The van der Waals surface area contributed by atoms with Crippen LogP contribution in [0.15, 0.2) is 24.3 Å². The molecule has 6 heteroatoms. The van der Waals surface area contributed by atoms with Crippen molar-refractivity contribution < 1.29 is 9.59 Å². The van der Waals surface area contributed by atoms with E-state index in [1.807, 2.05) is 13.0 Å². The molecule has 1 rings (SSSR count). The third-order valence-electron chi connectivity index (χ3n) is 2.23. The Labute approximate surface area is 111 Å². The number of hydrogen-bond donors (Lipinski definition) is 3. The van der Waals surface area contributed by atoms with Crippen molar-refractivity contribution in [1.29, 1.82) is 5.26 Å². The summed E-state index contributed by atoms with van der Waals surface area (Å²) < 4.78 is 0. The molecule has 0 radical (unpaired) electrons. The van der Waals surface area contributed by atoms with Crippen molar-refractivity contribution in [3.8, 4) is 6.07 Å². The zero-order valence-electron chi connectivity index (χ0n) is 10.7. The molecule has 1 aromatic carbocycles. The number of urea groups is 1. The summed E-state index contributed by atoms with van der Waals surface area (Å²) >= 11 is 0. The van der Waals surface area contributed by atoms with Crippen molar-refractivity contribution in [2.45, 2.75) is 13.3 Å². The van der Waals surface area contributed by atoms with Crippen LogP contribution in [0, 0.1) is 11.3 Å². The van der Waals surface area contributed by atoms with Gasteiger partial charge in [0.05, 0.1) is 18.2 Å². The Balaban J connectivity index is 2.39. The fraction of sp³-hybridized carbons (Fsp3) is 0.308. The zero-order valence-corrected chi connectivity index (χ0v) is 10.7. The number of hydrogen-bond acceptors (Lipinski definition) is 3. The first kappa shape index (κ1) is 14.5. The molecule has 0 aliphatic carbocycles. The lowest BCUT2D eigenvalue weighted by Gasteiger charge is -2.08. The molecule has 0 saturated heterocycles. The van der Waals surface area contributed by atoms with Crippen LogP contribution in [0.4, 0.5) is 10.5 Å². The number of anilines is 1. The number of benzene rings is 1. The van der Waals surface area contributed by atoms with Crippen LogP contribution in [0.2, 0.25) is 0 Å². The molecular weight excluding hydrogens is 244 g/mol. The fourth-order valence-electron chi connectivity index (χ4n) is 1.33. The molecule has 0 aliphatic heterocycles. The van der Waals surface area contributed by atoms with E-state index in [2.05, 4.69) is 16.0 Å². The van der Waals surface area contributed by atoms with Crippen LogP contribution in [-0.4, -0.2) is 25.0 Å². The Morgan fingerprint density at radius 2 is 2.11 bits per heavy atom. The maximum absolute atomic E-state index is 11.5. The Bertz CT molecular complexity index is 494. The molecule has 0 spiro atoms. The van der Waals surface area contributed by atoms with E-state index >= 15 is 0 Å². The van der Waals surface area contributed by atoms with Crippen LogP contribution in [0.5, 0.6) is 0 Å². The Morgan fingerprint density at radius 1 is 1.32 bits per heavy atom. The van der Waals surface area contributed by atoms with Crippen LogP contribution in [0.1, 0.15) is 18.9 Å². The van der Waals surface area contributed by atoms with Gasteiger partial charge in [-0.2, -0.15) is 5.26 Å². The van der Waals surface area contributed by atoms with E-state index in [9.17, 15) is 9.59 Å². The topological polar surface area (TPSA) is 94.0 Å². The smallest absolute Gasteiger partial charge is 0.319 e. The van der Waals surface area contributed by atoms with Crippen LogP contribution in [0.3, 0.4) is 0 Å². The minimum absolute atomic E-state index is 0.0796. The van der Waals surface area contributed by atoms with Crippen LogP contribution in [-0.2, 0) is 4.79 Å². The minimum atomic E-state index is -0.485. The first-order chi connectivity index (χ1) is 9.15. The van der Waals surface area contributed by atoms with Gasteiger partial charge in [-0.3, -0.25) is 4.79 Å². The number of rotatable bonds is 5. The summed E-state index contributed by atoms with van der Waals surface area (Å²) in [6.45, 7) is 2.46. The second-order valence-electron chi connectivity index (χ2n) is 3.85. The fourth-order valence-corrected chi connectivity index (χ4v) is 1.33.